The zero-order chi connectivity index (χ0) is 9.68. The fraction of sp³-hybridized carbons (Fsp3) is 0.167. The molecule has 1 aromatic carbocycles. The van der Waals surface area contributed by atoms with Gasteiger partial charge in [-0.15, -0.1) is 13.2 Å². The van der Waals surface area contributed by atoms with Crippen molar-refractivity contribution in [1.29, 1.82) is 0 Å². The van der Waals surface area contributed by atoms with Crippen molar-refractivity contribution in [3.8, 4) is 0 Å². The Morgan fingerprint density at radius 1 is 1.15 bits per heavy atom. The highest BCUT2D eigenvalue weighted by molar-refractivity contribution is 6.33. The van der Waals surface area contributed by atoms with E-state index in [4.69, 9.17) is 0 Å². The van der Waals surface area contributed by atoms with Gasteiger partial charge >= 0.3 is 0 Å². The van der Waals surface area contributed by atoms with Crippen molar-refractivity contribution in [2.45, 2.75) is 12.8 Å². The van der Waals surface area contributed by atoms with E-state index in [1.54, 1.807) is 0 Å². The average Bonchev–Trinajstić information content (AvgIpc) is 2.11. The molecule has 1 rings (SSSR count). The smallest absolute Gasteiger partial charge is 0.0481 e. The van der Waals surface area contributed by atoms with Crippen LogP contribution in [0, 0.1) is 0 Å². The lowest BCUT2D eigenvalue weighted by Crippen LogP contribution is -2.12. The lowest BCUT2D eigenvalue weighted by atomic mass is 10.0. The van der Waals surface area contributed by atoms with E-state index >= 15 is 0 Å². The Hall–Kier alpha value is -1.08. The summed E-state index contributed by atoms with van der Waals surface area (Å²) in [7, 11) is 1.94. The van der Waals surface area contributed by atoms with Crippen molar-refractivity contribution < 1.29 is 0 Å². The Morgan fingerprint density at radius 3 is 2.46 bits per heavy atom. The summed E-state index contributed by atoms with van der Waals surface area (Å²) in [4.78, 5) is 0. The minimum atomic E-state index is 0.954. The van der Waals surface area contributed by atoms with E-state index in [-0.39, 0.29) is 0 Å². The first-order valence-corrected chi connectivity index (χ1v) is 5.14. The number of benzene rings is 1. The van der Waals surface area contributed by atoms with Crippen LogP contribution in [-0.2, 0) is 12.8 Å². The maximum Gasteiger partial charge on any atom is 0.0481 e. The number of allylic oxidation sites excluding steroid dienone is 2. The Labute approximate surface area is 83.4 Å². The molecule has 0 aromatic heterocycles. The summed E-state index contributed by atoms with van der Waals surface area (Å²) in [6.45, 7) is 7.54. The monoisotopic (exact) mass is 187 g/mol. The standard InChI is InChI=1S/C12H15Si/c1-3-6-10-8-5-9-12(13)11(10)7-4-2/h3-5,8-9H,1-2,6-7,13H2. The molecular formula is C12H15Si. The van der Waals surface area contributed by atoms with Gasteiger partial charge in [-0.25, -0.2) is 0 Å². The molecule has 0 aliphatic heterocycles. The van der Waals surface area contributed by atoms with Crippen molar-refractivity contribution in [2.75, 3.05) is 0 Å². The van der Waals surface area contributed by atoms with E-state index in [1.807, 2.05) is 22.4 Å². The van der Waals surface area contributed by atoms with Crippen LogP contribution in [0.3, 0.4) is 0 Å². The fourth-order valence-corrected chi connectivity index (χ4v) is 1.95. The second kappa shape index (κ2) is 4.82. The van der Waals surface area contributed by atoms with Gasteiger partial charge in [0.1, 0.15) is 0 Å². The van der Waals surface area contributed by atoms with Crippen molar-refractivity contribution in [3.63, 3.8) is 0 Å². The largest absolute Gasteiger partial charge is 0.103 e. The quantitative estimate of drug-likeness (QED) is 0.494. The first kappa shape index (κ1) is 10.0. The van der Waals surface area contributed by atoms with Crippen molar-refractivity contribution in [1.82, 2.24) is 0 Å². The molecule has 0 fully saturated rings. The number of rotatable bonds is 4. The molecule has 0 atom stereocenters. The highest BCUT2D eigenvalue weighted by Crippen LogP contribution is 2.08. The van der Waals surface area contributed by atoms with E-state index in [0.717, 1.165) is 12.8 Å². The third kappa shape index (κ3) is 2.43. The molecule has 0 heterocycles. The predicted molar refractivity (Wildman–Crippen MR) is 62.4 cm³/mol. The molecule has 0 nitrogen and oxygen atoms in total. The zero-order valence-electron chi connectivity index (χ0n) is 7.92. The topological polar surface area (TPSA) is 0 Å². The van der Waals surface area contributed by atoms with Crippen LogP contribution in [0.2, 0.25) is 0 Å². The van der Waals surface area contributed by atoms with Gasteiger partial charge in [-0.05, 0) is 24.0 Å². The SMILES string of the molecule is C=CCc1cccc([SiH2])c1CC=C. The van der Waals surface area contributed by atoms with Gasteiger partial charge in [0.2, 0.25) is 0 Å². The second-order valence-corrected chi connectivity index (χ2v) is 3.80. The van der Waals surface area contributed by atoms with Crippen molar-refractivity contribution in [3.05, 3.63) is 54.6 Å². The third-order valence-corrected chi connectivity index (χ3v) is 2.75. The first-order chi connectivity index (χ1) is 6.29. The summed E-state index contributed by atoms with van der Waals surface area (Å²) < 4.78 is 0. The second-order valence-electron chi connectivity index (χ2n) is 3.04. The molecule has 0 saturated heterocycles. The van der Waals surface area contributed by atoms with Crippen LogP contribution in [0.25, 0.3) is 0 Å². The third-order valence-electron chi connectivity index (χ3n) is 2.08. The van der Waals surface area contributed by atoms with E-state index in [0.29, 0.717) is 0 Å². The first-order valence-electron chi connectivity index (χ1n) is 4.44. The van der Waals surface area contributed by atoms with Crippen LogP contribution in [0.5, 0.6) is 0 Å². The van der Waals surface area contributed by atoms with Gasteiger partial charge in [-0.2, -0.15) is 0 Å². The molecule has 0 saturated carbocycles. The van der Waals surface area contributed by atoms with Crippen molar-refractivity contribution >= 4 is 15.4 Å². The molecular weight excluding hydrogens is 172 g/mol. The van der Waals surface area contributed by atoms with Gasteiger partial charge in [0.15, 0.2) is 0 Å². The van der Waals surface area contributed by atoms with Gasteiger partial charge in [0.05, 0.1) is 0 Å². The molecule has 0 aliphatic rings. The highest BCUT2D eigenvalue weighted by Gasteiger charge is 2.01. The van der Waals surface area contributed by atoms with Crippen LogP contribution in [0.4, 0.5) is 0 Å². The summed E-state index contributed by atoms with van der Waals surface area (Å²) in [6, 6.07) is 6.43. The lowest BCUT2D eigenvalue weighted by Gasteiger charge is -2.08. The molecule has 13 heavy (non-hydrogen) atoms. The molecule has 1 heteroatoms. The molecule has 1 aromatic rings. The molecule has 1 radical (unpaired) electrons. The lowest BCUT2D eigenvalue weighted by molar-refractivity contribution is 1.17. The normalized spacial score (nSPS) is 9.62. The predicted octanol–water partition coefficient (Wildman–Crippen LogP) is 1.40. The van der Waals surface area contributed by atoms with Gasteiger partial charge in [-0.3, -0.25) is 0 Å². The minimum Gasteiger partial charge on any atom is -0.103 e. The number of hydrogen-bond donors (Lipinski definition) is 0. The van der Waals surface area contributed by atoms with E-state index in [2.05, 4.69) is 31.4 Å². The summed E-state index contributed by atoms with van der Waals surface area (Å²) >= 11 is 0. The van der Waals surface area contributed by atoms with Gasteiger partial charge < -0.3 is 0 Å². The molecule has 0 unspecified atom stereocenters. The van der Waals surface area contributed by atoms with E-state index in [9.17, 15) is 0 Å². The Balaban J connectivity index is 3.08. The molecule has 0 aliphatic carbocycles. The Morgan fingerprint density at radius 2 is 1.85 bits per heavy atom. The molecule has 0 amide bonds. The van der Waals surface area contributed by atoms with Gasteiger partial charge in [0.25, 0.3) is 0 Å². The Kier molecular flexibility index (Phi) is 3.71. The fourth-order valence-electron chi connectivity index (χ4n) is 1.44. The summed E-state index contributed by atoms with van der Waals surface area (Å²) in [5, 5.41) is 1.37. The van der Waals surface area contributed by atoms with Gasteiger partial charge in [0, 0.05) is 10.2 Å². The van der Waals surface area contributed by atoms with Crippen LogP contribution >= 0.6 is 0 Å². The summed E-state index contributed by atoms with van der Waals surface area (Å²) in [6.07, 6.45) is 5.82. The summed E-state index contributed by atoms with van der Waals surface area (Å²) in [5.74, 6) is 0. The number of hydrogen-bond acceptors (Lipinski definition) is 0. The van der Waals surface area contributed by atoms with Crippen molar-refractivity contribution in [2.24, 2.45) is 0 Å². The summed E-state index contributed by atoms with van der Waals surface area (Å²) in [5.41, 5.74) is 2.79. The zero-order valence-corrected chi connectivity index (χ0v) is 9.34. The molecule has 0 bridgehead atoms. The van der Waals surface area contributed by atoms with E-state index < -0.39 is 0 Å². The highest BCUT2D eigenvalue weighted by atomic mass is 28.1. The van der Waals surface area contributed by atoms with Crippen LogP contribution in [0.15, 0.2) is 43.5 Å². The molecule has 67 valence electrons. The maximum absolute atomic E-state index is 3.78. The van der Waals surface area contributed by atoms with E-state index in [1.165, 1.54) is 16.3 Å². The van der Waals surface area contributed by atoms with Crippen LogP contribution in [0.1, 0.15) is 11.1 Å². The van der Waals surface area contributed by atoms with Crippen LogP contribution < -0.4 is 5.19 Å². The maximum atomic E-state index is 3.78. The average molecular weight is 187 g/mol. The van der Waals surface area contributed by atoms with Crippen LogP contribution in [-0.4, -0.2) is 10.2 Å². The molecule has 0 spiro atoms. The van der Waals surface area contributed by atoms with Gasteiger partial charge in [-0.1, -0.05) is 35.5 Å². The Bertz CT molecular complexity index is 313. The molecule has 0 N–H and O–H groups in total. The minimum absolute atomic E-state index is 0.954.